The number of rotatable bonds is 7. The second-order valence-electron chi connectivity index (χ2n) is 7.41. The van der Waals surface area contributed by atoms with E-state index < -0.39 is 10.0 Å². The predicted octanol–water partition coefficient (Wildman–Crippen LogP) is 2.41. The Balaban J connectivity index is 1.84. The molecule has 1 fully saturated rings. The second-order valence-corrected chi connectivity index (χ2v) is 9.15. The summed E-state index contributed by atoms with van der Waals surface area (Å²) < 4.78 is 47.4. The average Bonchev–Trinajstić information content (AvgIpc) is 2.70. The summed E-state index contributed by atoms with van der Waals surface area (Å²) >= 11 is 0. The molecule has 2 aromatic carbocycles. The normalized spacial score (nSPS) is 17.2. The van der Waals surface area contributed by atoms with Crippen molar-refractivity contribution in [2.45, 2.75) is 17.9 Å². The van der Waals surface area contributed by atoms with Gasteiger partial charge in [-0.3, -0.25) is 4.90 Å². The summed E-state index contributed by atoms with van der Waals surface area (Å²) in [6, 6.07) is 11.1. The molecular formula is C21H28FN3O3S. The number of sulfonamides is 1. The number of benzene rings is 2. The number of likely N-dealkylation sites (N-methyl/N-ethyl adjacent to an activating group) is 1. The Morgan fingerprint density at radius 3 is 2.38 bits per heavy atom. The summed E-state index contributed by atoms with van der Waals surface area (Å²) in [5, 5.41) is 0. The minimum absolute atomic E-state index is 0.122. The van der Waals surface area contributed by atoms with Crippen LogP contribution in [0.3, 0.4) is 0 Å². The first-order chi connectivity index (χ1) is 13.8. The standard InChI is InChI=1S/C21H28FN3O3S/c1-16-4-9-20(28-3)21(14-16)29(26,27)23-15-19(17-5-7-18(22)8-6-17)25-12-10-24(2)11-13-25/h4-9,14,19,23H,10-13,15H2,1-3H3/t19-/m1/s1. The fraction of sp³-hybridized carbons (Fsp3) is 0.429. The highest BCUT2D eigenvalue weighted by Gasteiger charge is 2.27. The average molecular weight is 422 g/mol. The summed E-state index contributed by atoms with van der Waals surface area (Å²) in [4.78, 5) is 4.60. The topological polar surface area (TPSA) is 61.9 Å². The van der Waals surface area contributed by atoms with Crippen molar-refractivity contribution in [1.82, 2.24) is 14.5 Å². The van der Waals surface area contributed by atoms with E-state index in [2.05, 4.69) is 21.6 Å². The van der Waals surface area contributed by atoms with Crippen molar-refractivity contribution in [3.8, 4) is 5.75 Å². The van der Waals surface area contributed by atoms with E-state index in [0.29, 0.717) is 5.75 Å². The molecule has 0 aliphatic carbocycles. The number of methoxy groups -OCH3 is 1. The summed E-state index contributed by atoms with van der Waals surface area (Å²) in [5.74, 6) is -0.00279. The first-order valence-corrected chi connectivity index (χ1v) is 11.1. The third kappa shape index (κ3) is 5.33. The van der Waals surface area contributed by atoms with Crippen LogP contribution >= 0.6 is 0 Å². The number of aryl methyl sites for hydroxylation is 1. The third-order valence-corrected chi connectivity index (χ3v) is 6.75. The Morgan fingerprint density at radius 1 is 1.10 bits per heavy atom. The van der Waals surface area contributed by atoms with Crippen molar-refractivity contribution in [2.75, 3.05) is 46.9 Å². The molecule has 0 aromatic heterocycles. The van der Waals surface area contributed by atoms with Crippen LogP contribution in [-0.4, -0.2) is 65.1 Å². The number of ether oxygens (including phenoxy) is 1. The lowest BCUT2D eigenvalue weighted by Gasteiger charge is -2.38. The van der Waals surface area contributed by atoms with Gasteiger partial charge in [0.1, 0.15) is 16.5 Å². The number of piperazine rings is 1. The highest BCUT2D eigenvalue weighted by atomic mass is 32.2. The second kappa shape index (κ2) is 9.21. The number of hydrogen-bond acceptors (Lipinski definition) is 5. The van der Waals surface area contributed by atoms with Crippen LogP contribution < -0.4 is 9.46 Å². The van der Waals surface area contributed by atoms with E-state index in [1.54, 1.807) is 24.3 Å². The Kier molecular flexibility index (Phi) is 6.89. The van der Waals surface area contributed by atoms with Crippen LogP contribution in [0.4, 0.5) is 4.39 Å². The van der Waals surface area contributed by atoms with Gasteiger partial charge in [0.25, 0.3) is 0 Å². The summed E-state index contributed by atoms with van der Waals surface area (Å²) in [5.41, 5.74) is 1.72. The lowest BCUT2D eigenvalue weighted by Crippen LogP contribution is -2.48. The fourth-order valence-corrected chi connectivity index (χ4v) is 4.83. The van der Waals surface area contributed by atoms with Gasteiger partial charge in [0.05, 0.1) is 7.11 Å². The SMILES string of the molecule is COc1ccc(C)cc1S(=O)(=O)NC[C@H](c1ccc(F)cc1)N1CCN(C)CC1. The fourth-order valence-electron chi connectivity index (χ4n) is 3.54. The lowest BCUT2D eigenvalue weighted by atomic mass is 10.0. The molecule has 1 atom stereocenters. The number of hydrogen-bond donors (Lipinski definition) is 1. The van der Waals surface area contributed by atoms with Crippen LogP contribution in [0.1, 0.15) is 17.2 Å². The highest BCUT2D eigenvalue weighted by molar-refractivity contribution is 7.89. The van der Waals surface area contributed by atoms with Crippen molar-refractivity contribution in [1.29, 1.82) is 0 Å². The predicted molar refractivity (Wildman–Crippen MR) is 111 cm³/mol. The molecule has 6 nitrogen and oxygen atoms in total. The van der Waals surface area contributed by atoms with Crippen molar-refractivity contribution >= 4 is 10.0 Å². The van der Waals surface area contributed by atoms with Crippen molar-refractivity contribution in [3.05, 3.63) is 59.4 Å². The van der Waals surface area contributed by atoms with Gasteiger partial charge in [-0.15, -0.1) is 0 Å². The molecule has 0 saturated carbocycles. The molecule has 1 aliphatic rings. The molecule has 0 radical (unpaired) electrons. The van der Waals surface area contributed by atoms with Gasteiger partial charge in [0.2, 0.25) is 10.0 Å². The van der Waals surface area contributed by atoms with Gasteiger partial charge < -0.3 is 9.64 Å². The van der Waals surface area contributed by atoms with E-state index in [1.807, 2.05) is 13.0 Å². The van der Waals surface area contributed by atoms with Crippen molar-refractivity contribution in [2.24, 2.45) is 0 Å². The van der Waals surface area contributed by atoms with Crippen LogP contribution in [-0.2, 0) is 10.0 Å². The maximum Gasteiger partial charge on any atom is 0.244 e. The summed E-state index contributed by atoms with van der Waals surface area (Å²) in [6.07, 6.45) is 0. The zero-order valence-corrected chi connectivity index (χ0v) is 17.9. The van der Waals surface area contributed by atoms with Gasteiger partial charge >= 0.3 is 0 Å². The van der Waals surface area contributed by atoms with Crippen molar-refractivity contribution in [3.63, 3.8) is 0 Å². The van der Waals surface area contributed by atoms with E-state index in [4.69, 9.17) is 4.74 Å². The zero-order chi connectivity index (χ0) is 21.0. The Hall–Kier alpha value is -2.00. The Bertz CT molecular complexity index is 927. The maximum absolute atomic E-state index is 13.4. The lowest BCUT2D eigenvalue weighted by molar-refractivity contribution is 0.113. The van der Waals surface area contributed by atoms with Crippen LogP contribution in [0.25, 0.3) is 0 Å². The minimum Gasteiger partial charge on any atom is -0.495 e. The molecule has 0 unspecified atom stereocenters. The summed E-state index contributed by atoms with van der Waals surface area (Å²) in [7, 11) is -0.252. The molecule has 0 amide bonds. The van der Waals surface area contributed by atoms with Gasteiger partial charge in [-0.1, -0.05) is 18.2 Å². The number of nitrogens with zero attached hydrogens (tertiary/aromatic N) is 2. The highest BCUT2D eigenvalue weighted by Crippen LogP contribution is 2.26. The third-order valence-electron chi connectivity index (χ3n) is 5.31. The number of nitrogens with one attached hydrogen (secondary N) is 1. The molecule has 0 spiro atoms. The molecular weight excluding hydrogens is 393 g/mol. The Labute approximate surface area is 172 Å². The van der Waals surface area contributed by atoms with Gasteiger partial charge in [-0.25, -0.2) is 17.5 Å². The smallest absolute Gasteiger partial charge is 0.244 e. The Morgan fingerprint density at radius 2 is 1.76 bits per heavy atom. The van der Waals surface area contributed by atoms with E-state index in [9.17, 15) is 12.8 Å². The monoisotopic (exact) mass is 421 g/mol. The molecule has 3 rings (SSSR count). The van der Waals surface area contributed by atoms with E-state index >= 15 is 0 Å². The first-order valence-electron chi connectivity index (χ1n) is 9.62. The van der Waals surface area contributed by atoms with Gasteiger partial charge in [-0.2, -0.15) is 0 Å². The molecule has 1 saturated heterocycles. The van der Waals surface area contributed by atoms with Gasteiger partial charge in [-0.05, 0) is 49.4 Å². The van der Waals surface area contributed by atoms with E-state index in [-0.39, 0.29) is 23.3 Å². The molecule has 1 aliphatic heterocycles. The van der Waals surface area contributed by atoms with Crippen LogP contribution in [0, 0.1) is 12.7 Å². The molecule has 1 heterocycles. The first kappa shape index (κ1) is 21.7. The quantitative estimate of drug-likeness (QED) is 0.744. The maximum atomic E-state index is 13.4. The molecule has 158 valence electrons. The molecule has 2 aromatic rings. The largest absolute Gasteiger partial charge is 0.495 e. The summed E-state index contributed by atoms with van der Waals surface area (Å²) in [6.45, 7) is 5.45. The van der Waals surface area contributed by atoms with Crippen LogP contribution in [0.15, 0.2) is 47.4 Å². The molecule has 0 bridgehead atoms. The molecule has 8 heteroatoms. The van der Waals surface area contributed by atoms with Crippen LogP contribution in [0.5, 0.6) is 5.75 Å². The van der Waals surface area contributed by atoms with E-state index in [1.165, 1.54) is 19.2 Å². The van der Waals surface area contributed by atoms with Crippen LogP contribution in [0.2, 0.25) is 0 Å². The van der Waals surface area contributed by atoms with Crippen molar-refractivity contribution < 1.29 is 17.5 Å². The minimum atomic E-state index is -3.77. The van der Waals surface area contributed by atoms with E-state index in [0.717, 1.165) is 37.3 Å². The number of halogens is 1. The zero-order valence-electron chi connectivity index (χ0n) is 17.1. The van der Waals surface area contributed by atoms with Gasteiger partial charge in [0, 0.05) is 38.8 Å². The molecule has 29 heavy (non-hydrogen) atoms. The molecule has 1 N–H and O–H groups in total. The van der Waals surface area contributed by atoms with Gasteiger partial charge in [0.15, 0.2) is 0 Å².